The van der Waals surface area contributed by atoms with E-state index in [1.807, 2.05) is 49.5 Å². The number of fused-ring (bicyclic) bond motifs is 1. The maximum absolute atomic E-state index is 12.6. The lowest BCUT2D eigenvalue weighted by molar-refractivity contribution is 0.0472. The van der Waals surface area contributed by atoms with Crippen molar-refractivity contribution >= 4 is 22.7 Å². The van der Waals surface area contributed by atoms with E-state index in [9.17, 15) is 9.59 Å². The Morgan fingerprint density at radius 1 is 1.18 bits per heavy atom. The number of nitrogens with zero attached hydrogens (tertiary/aromatic N) is 1. The second kappa shape index (κ2) is 7.98. The van der Waals surface area contributed by atoms with Gasteiger partial charge < -0.3 is 14.0 Å². The molecule has 0 amide bonds. The fourth-order valence-electron chi connectivity index (χ4n) is 3.36. The van der Waals surface area contributed by atoms with Gasteiger partial charge in [-0.2, -0.15) is 0 Å². The number of hydrogen-bond donors (Lipinski definition) is 0. The maximum Gasteiger partial charge on any atom is 0.338 e. The fraction of sp³-hybridized carbons (Fsp3) is 0.304. The summed E-state index contributed by atoms with van der Waals surface area (Å²) in [4.78, 5) is 25.1. The molecule has 1 unspecified atom stereocenters. The van der Waals surface area contributed by atoms with Gasteiger partial charge in [-0.1, -0.05) is 37.3 Å². The van der Waals surface area contributed by atoms with E-state index in [1.165, 1.54) is 0 Å². The van der Waals surface area contributed by atoms with Crippen LogP contribution in [0.25, 0.3) is 10.9 Å². The van der Waals surface area contributed by atoms with Crippen molar-refractivity contribution in [2.24, 2.45) is 0 Å². The molecule has 4 rings (SSSR count). The van der Waals surface area contributed by atoms with Crippen LogP contribution in [-0.4, -0.2) is 29.0 Å². The summed E-state index contributed by atoms with van der Waals surface area (Å²) in [5.74, 6) is -0.296. The predicted molar refractivity (Wildman–Crippen MR) is 106 cm³/mol. The smallest absolute Gasteiger partial charge is 0.338 e. The molecule has 0 saturated carbocycles. The molecular formula is C23H23NO4. The zero-order chi connectivity index (χ0) is 19.5. The Kier molecular flexibility index (Phi) is 5.26. The van der Waals surface area contributed by atoms with E-state index in [4.69, 9.17) is 9.47 Å². The van der Waals surface area contributed by atoms with Crippen molar-refractivity contribution in [2.45, 2.75) is 39.0 Å². The standard InChI is InChI=1S/C23H23NO4/c1-2-6-22(25)20-13-24(12-18-15-27-18)21-10-9-17(11-19(20)21)23(26)28-14-16-7-4-3-5-8-16/h3-5,7-11,13,18H,2,6,12,14-15H2,1H3. The number of carbonyl (C=O) groups excluding carboxylic acids is 2. The first-order chi connectivity index (χ1) is 13.7. The second-order valence-corrected chi connectivity index (χ2v) is 7.12. The Balaban J connectivity index is 1.61. The summed E-state index contributed by atoms with van der Waals surface area (Å²) in [7, 11) is 0. The zero-order valence-electron chi connectivity index (χ0n) is 15.9. The van der Waals surface area contributed by atoms with E-state index in [2.05, 4.69) is 4.57 Å². The Morgan fingerprint density at radius 3 is 2.68 bits per heavy atom. The Hall–Kier alpha value is -2.92. The third-order valence-corrected chi connectivity index (χ3v) is 4.91. The molecule has 1 saturated heterocycles. The quantitative estimate of drug-likeness (QED) is 0.332. The Morgan fingerprint density at radius 2 is 1.96 bits per heavy atom. The van der Waals surface area contributed by atoms with Gasteiger partial charge in [-0.15, -0.1) is 0 Å². The molecular weight excluding hydrogens is 354 g/mol. The lowest BCUT2D eigenvalue weighted by Gasteiger charge is -2.06. The molecule has 1 aliphatic heterocycles. The molecule has 2 heterocycles. The summed E-state index contributed by atoms with van der Waals surface area (Å²) >= 11 is 0. The molecule has 2 aromatic carbocycles. The minimum absolute atomic E-state index is 0.0952. The highest BCUT2D eigenvalue weighted by Gasteiger charge is 2.25. The zero-order valence-corrected chi connectivity index (χ0v) is 15.9. The third kappa shape index (κ3) is 3.99. The average molecular weight is 377 g/mol. The average Bonchev–Trinajstić information content (AvgIpc) is 3.46. The van der Waals surface area contributed by atoms with E-state index < -0.39 is 5.97 Å². The number of ether oxygens (including phenoxy) is 2. The van der Waals surface area contributed by atoms with E-state index in [0.717, 1.165) is 29.5 Å². The molecule has 1 atom stereocenters. The van der Waals surface area contributed by atoms with Gasteiger partial charge in [-0.3, -0.25) is 4.79 Å². The van der Waals surface area contributed by atoms with Crippen LogP contribution in [0.15, 0.2) is 54.7 Å². The van der Waals surface area contributed by atoms with Crippen molar-refractivity contribution in [3.63, 3.8) is 0 Å². The second-order valence-electron chi connectivity index (χ2n) is 7.12. The molecule has 144 valence electrons. The number of ketones is 1. The highest BCUT2D eigenvalue weighted by atomic mass is 16.6. The monoisotopic (exact) mass is 377 g/mol. The van der Waals surface area contributed by atoms with Gasteiger partial charge >= 0.3 is 5.97 Å². The minimum Gasteiger partial charge on any atom is -0.457 e. The van der Waals surface area contributed by atoms with Gasteiger partial charge in [0.1, 0.15) is 6.61 Å². The highest BCUT2D eigenvalue weighted by Crippen LogP contribution is 2.27. The molecule has 3 aromatic rings. The van der Waals surface area contributed by atoms with Gasteiger partial charge in [0.15, 0.2) is 5.78 Å². The van der Waals surface area contributed by atoms with Gasteiger partial charge in [0.2, 0.25) is 0 Å². The van der Waals surface area contributed by atoms with Gasteiger partial charge in [-0.05, 0) is 30.2 Å². The van der Waals surface area contributed by atoms with Crippen LogP contribution in [0.1, 0.15) is 46.0 Å². The molecule has 1 aliphatic rings. The summed E-state index contributed by atoms with van der Waals surface area (Å²) in [6.07, 6.45) is 3.38. The first kappa shape index (κ1) is 18.4. The topological polar surface area (TPSA) is 60.8 Å². The van der Waals surface area contributed by atoms with Crippen LogP contribution in [0, 0.1) is 0 Å². The predicted octanol–water partition coefficient (Wildman–Crippen LogP) is 4.38. The SMILES string of the molecule is CCCC(=O)c1cn(CC2CO2)c2ccc(C(=O)OCc3ccccc3)cc12. The summed E-state index contributed by atoms with van der Waals surface area (Å²) < 4.78 is 12.8. The van der Waals surface area contributed by atoms with Gasteiger partial charge in [0.25, 0.3) is 0 Å². The van der Waals surface area contributed by atoms with Crippen molar-refractivity contribution in [2.75, 3.05) is 6.61 Å². The van der Waals surface area contributed by atoms with Crippen LogP contribution < -0.4 is 0 Å². The number of epoxide rings is 1. The normalized spacial score (nSPS) is 15.5. The summed E-state index contributed by atoms with van der Waals surface area (Å²) in [5.41, 5.74) is 2.99. The highest BCUT2D eigenvalue weighted by molar-refractivity contribution is 6.09. The van der Waals surface area contributed by atoms with Crippen LogP contribution in [0.4, 0.5) is 0 Å². The minimum atomic E-state index is -0.391. The molecule has 1 fully saturated rings. The Labute approximate surface area is 163 Å². The van der Waals surface area contributed by atoms with Crippen LogP contribution in [0.3, 0.4) is 0 Å². The van der Waals surface area contributed by atoms with Gasteiger partial charge in [-0.25, -0.2) is 4.79 Å². The molecule has 5 heteroatoms. The number of esters is 1. The van der Waals surface area contributed by atoms with Crippen LogP contribution in [0.5, 0.6) is 0 Å². The lowest BCUT2D eigenvalue weighted by atomic mass is 10.0. The Bertz CT molecular complexity index is 1000. The maximum atomic E-state index is 12.6. The van der Waals surface area contributed by atoms with Crippen molar-refractivity contribution in [3.05, 3.63) is 71.4 Å². The third-order valence-electron chi connectivity index (χ3n) is 4.91. The largest absolute Gasteiger partial charge is 0.457 e. The number of hydrogen-bond acceptors (Lipinski definition) is 4. The molecule has 0 aliphatic carbocycles. The lowest BCUT2D eigenvalue weighted by Crippen LogP contribution is -2.06. The molecule has 28 heavy (non-hydrogen) atoms. The first-order valence-corrected chi connectivity index (χ1v) is 9.64. The molecule has 0 bridgehead atoms. The van der Waals surface area contributed by atoms with Crippen LogP contribution in [0.2, 0.25) is 0 Å². The number of aromatic nitrogens is 1. The fourth-order valence-corrected chi connectivity index (χ4v) is 3.36. The van der Waals surface area contributed by atoms with E-state index in [0.29, 0.717) is 24.1 Å². The summed E-state index contributed by atoms with van der Waals surface area (Å²) in [6, 6.07) is 15.0. The van der Waals surface area contributed by atoms with Gasteiger partial charge in [0, 0.05) is 29.1 Å². The number of Topliss-reactive ketones (excluding diaryl/α,β-unsaturated/α-hetero) is 1. The molecule has 0 N–H and O–H groups in total. The first-order valence-electron chi connectivity index (χ1n) is 9.64. The van der Waals surface area contributed by atoms with E-state index >= 15 is 0 Å². The van der Waals surface area contributed by atoms with Crippen molar-refractivity contribution in [3.8, 4) is 0 Å². The molecule has 0 spiro atoms. The van der Waals surface area contributed by atoms with E-state index in [-0.39, 0.29) is 18.5 Å². The summed E-state index contributed by atoms with van der Waals surface area (Å²) in [6.45, 7) is 3.68. The number of carbonyl (C=O) groups is 2. The van der Waals surface area contributed by atoms with Gasteiger partial charge in [0.05, 0.1) is 24.8 Å². The number of benzene rings is 2. The molecule has 0 radical (unpaired) electrons. The molecule has 1 aromatic heterocycles. The molecule has 5 nitrogen and oxygen atoms in total. The van der Waals surface area contributed by atoms with Crippen molar-refractivity contribution in [1.82, 2.24) is 4.57 Å². The van der Waals surface area contributed by atoms with Crippen molar-refractivity contribution < 1.29 is 19.1 Å². The van der Waals surface area contributed by atoms with E-state index in [1.54, 1.807) is 12.1 Å². The number of rotatable bonds is 8. The van der Waals surface area contributed by atoms with Crippen molar-refractivity contribution in [1.29, 1.82) is 0 Å². The van der Waals surface area contributed by atoms with Crippen LogP contribution >= 0.6 is 0 Å². The summed E-state index contributed by atoms with van der Waals surface area (Å²) in [5, 5.41) is 0.799. The van der Waals surface area contributed by atoms with Crippen LogP contribution in [-0.2, 0) is 22.6 Å².